The molecule has 2 aromatic rings. The van der Waals surface area contributed by atoms with E-state index in [0.717, 1.165) is 30.9 Å². The molecule has 0 spiro atoms. The molecule has 3 atom stereocenters. The summed E-state index contributed by atoms with van der Waals surface area (Å²) in [7, 11) is 1.68. The number of anilines is 1. The van der Waals surface area contributed by atoms with Crippen LogP contribution < -0.4 is 15.4 Å². The van der Waals surface area contributed by atoms with Gasteiger partial charge in [0, 0.05) is 43.8 Å². The molecule has 156 valence electrons. The van der Waals surface area contributed by atoms with Crippen LogP contribution in [0.1, 0.15) is 31.9 Å². The van der Waals surface area contributed by atoms with Gasteiger partial charge in [-0.2, -0.15) is 0 Å². The molecule has 1 saturated heterocycles. The largest absolute Gasteiger partial charge is 0.497 e. The van der Waals surface area contributed by atoms with Gasteiger partial charge in [-0.1, -0.05) is 30.3 Å². The minimum Gasteiger partial charge on any atom is -0.497 e. The zero-order chi connectivity index (χ0) is 20.8. The Kier molecular flexibility index (Phi) is 6.99. The standard InChI is InChI=1S/C23H31N3O3/c1-17-15-25(20-9-11-21(28-3)12-10-20)16-18(2)26(17)14-13-22(29-23(24)27)19-7-5-4-6-8-19/h4-12,17-18,22H,13-16H2,1-3H3,(H2,24,27)/t17?,18?,22-/m1/s1. The highest BCUT2D eigenvalue weighted by atomic mass is 16.6. The molecule has 2 aromatic carbocycles. The van der Waals surface area contributed by atoms with E-state index >= 15 is 0 Å². The van der Waals surface area contributed by atoms with Crippen molar-refractivity contribution in [2.45, 2.75) is 38.5 Å². The van der Waals surface area contributed by atoms with Crippen LogP contribution in [0.15, 0.2) is 54.6 Å². The van der Waals surface area contributed by atoms with Crippen LogP contribution in [0.25, 0.3) is 0 Å². The summed E-state index contributed by atoms with van der Waals surface area (Å²) >= 11 is 0. The smallest absolute Gasteiger partial charge is 0.405 e. The van der Waals surface area contributed by atoms with Crippen molar-refractivity contribution in [3.05, 3.63) is 60.2 Å². The summed E-state index contributed by atoms with van der Waals surface area (Å²) in [6.45, 7) is 7.23. The number of benzene rings is 2. The minimum absolute atomic E-state index is 0.326. The number of nitrogens with two attached hydrogens (primary N) is 1. The quantitative estimate of drug-likeness (QED) is 0.769. The first-order chi connectivity index (χ1) is 14.0. The summed E-state index contributed by atoms with van der Waals surface area (Å²) < 4.78 is 10.7. The fourth-order valence-corrected chi connectivity index (χ4v) is 4.17. The molecule has 1 amide bonds. The molecule has 2 N–H and O–H groups in total. The van der Waals surface area contributed by atoms with E-state index in [2.05, 4.69) is 35.8 Å². The highest BCUT2D eigenvalue weighted by Gasteiger charge is 2.30. The molecule has 1 heterocycles. The SMILES string of the molecule is COc1ccc(N2CC(C)N(CC[C@@H](OC(N)=O)c3ccccc3)C(C)C2)cc1. The highest BCUT2D eigenvalue weighted by Crippen LogP contribution is 2.27. The third-order valence-corrected chi connectivity index (χ3v) is 5.62. The zero-order valence-electron chi connectivity index (χ0n) is 17.5. The summed E-state index contributed by atoms with van der Waals surface area (Å²) in [5, 5.41) is 0. The molecule has 6 nitrogen and oxygen atoms in total. The minimum atomic E-state index is -0.732. The van der Waals surface area contributed by atoms with Gasteiger partial charge in [-0.3, -0.25) is 4.90 Å². The fraction of sp³-hybridized carbons (Fsp3) is 0.435. The first-order valence-corrected chi connectivity index (χ1v) is 10.1. The van der Waals surface area contributed by atoms with E-state index in [-0.39, 0.29) is 6.10 Å². The molecular weight excluding hydrogens is 366 g/mol. The predicted octanol–water partition coefficient (Wildman–Crippen LogP) is 3.82. The molecule has 1 aliphatic rings. The summed E-state index contributed by atoms with van der Waals surface area (Å²) in [6.07, 6.45) is -0.346. The normalized spacial score (nSPS) is 20.9. The molecule has 6 heteroatoms. The second-order valence-corrected chi connectivity index (χ2v) is 7.66. The number of nitrogens with zero attached hydrogens (tertiary/aromatic N) is 2. The van der Waals surface area contributed by atoms with Crippen LogP contribution in [0.2, 0.25) is 0 Å². The monoisotopic (exact) mass is 397 g/mol. The van der Waals surface area contributed by atoms with Gasteiger partial charge in [0.25, 0.3) is 0 Å². The maximum Gasteiger partial charge on any atom is 0.405 e. The molecule has 0 aromatic heterocycles. The second kappa shape index (κ2) is 9.65. The van der Waals surface area contributed by atoms with Gasteiger partial charge in [-0.15, -0.1) is 0 Å². The number of hydrogen-bond donors (Lipinski definition) is 1. The van der Waals surface area contributed by atoms with Crippen molar-refractivity contribution in [1.29, 1.82) is 0 Å². The number of methoxy groups -OCH3 is 1. The Morgan fingerprint density at radius 1 is 1.07 bits per heavy atom. The molecule has 0 saturated carbocycles. The van der Waals surface area contributed by atoms with Gasteiger partial charge in [0.15, 0.2) is 0 Å². The Labute approximate surface area is 173 Å². The van der Waals surface area contributed by atoms with E-state index in [9.17, 15) is 4.79 Å². The van der Waals surface area contributed by atoms with E-state index in [4.69, 9.17) is 15.2 Å². The van der Waals surface area contributed by atoms with Gasteiger partial charge in [-0.25, -0.2) is 4.79 Å². The van der Waals surface area contributed by atoms with Crippen LogP contribution in [-0.2, 0) is 4.74 Å². The van der Waals surface area contributed by atoms with E-state index < -0.39 is 6.09 Å². The maximum absolute atomic E-state index is 11.4. The molecule has 1 fully saturated rings. The van der Waals surface area contributed by atoms with E-state index in [0.29, 0.717) is 18.5 Å². The first kappa shape index (κ1) is 21.0. The van der Waals surface area contributed by atoms with E-state index in [1.807, 2.05) is 42.5 Å². The molecular formula is C23H31N3O3. The van der Waals surface area contributed by atoms with Gasteiger partial charge < -0.3 is 20.1 Å². The number of carbonyl (C=O) groups is 1. The van der Waals surface area contributed by atoms with Gasteiger partial charge >= 0.3 is 6.09 Å². The lowest BCUT2D eigenvalue weighted by molar-refractivity contribution is 0.0720. The molecule has 3 rings (SSSR count). The van der Waals surface area contributed by atoms with Crippen molar-refractivity contribution in [2.75, 3.05) is 31.6 Å². The maximum atomic E-state index is 11.4. The highest BCUT2D eigenvalue weighted by molar-refractivity contribution is 5.65. The molecule has 0 radical (unpaired) electrons. The molecule has 0 bridgehead atoms. The Morgan fingerprint density at radius 2 is 1.69 bits per heavy atom. The number of hydrogen-bond acceptors (Lipinski definition) is 5. The molecule has 2 unspecified atom stereocenters. The Morgan fingerprint density at radius 3 is 2.24 bits per heavy atom. The number of primary amides is 1. The van der Waals surface area contributed by atoms with Crippen molar-refractivity contribution in [3.8, 4) is 5.75 Å². The topological polar surface area (TPSA) is 68.0 Å². The predicted molar refractivity (Wildman–Crippen MR) is 115 cm³/mol. The average Bonchev–Trinajstić information content (AvgIpc) is 2.72. The number of ether oxygens (including phenoxy) is 2. The van der Waals surface area contributed by atoms with Crippen LogP contribution in [0.5, 0.6) is 5.75 Å². The summed E-state index contributed by atoms with van der Waals surface area (Å²) in [4.78, 5) is 16.3. The Hall–Kier alpha value is -2.73. The van der Waals surface area contributed by atoms with Crippen molar-refractivity contribution >= 4 is 11.8 Å². The lowest BCUT2D eigenvalue weighted by Crippen LogP contribution is -2.57. The van der Waals surface area contributed by atoms with Crippen LogP contribution in [0, 0.1) is 0 Å². The Bertz CT molecular complexity index is 770. The third kappa shape index (κ3) is 5.41. The van der Waals surface area contributed by atoms with Crippen LogP contribution in [-0.4, -0.2) is 49.8 Å². The third-order valence-electron chi connectivity index (χ3n) is 5.62. The summed E-state index contributed by atoms with van der Waals surface area (Å²) in [6, 6.07) is 18.8. The van der Waals surface area contributed by atoms with Crippen molar-refractivity contribution < 1.29 is 14.3 Å². The molecule has 29 heavy (non-hydrogen) atoms. The second-order valence-electron chi connectivity index (χ2n) is 7.66. The van der Waals surface area contributed by atoms with Crippen molar-refractivity contribution in [2.24, 2.45) is 5.73 Å². The molecule has 1 aliphatic heterocycles. The lowest BCUT2D eigenvalue weighted by Gasteiger charge is -2.45. The van der Waals surface area contributed by atoms with E-state index in [1.54, 1.807) is 7.11 Å². The lowest BCUT2D eigenvalue weighted by atomic mass is 10.0. The molecule has 0 aliphatic carbocycles. The fourth-order valence-electron chi connectivity index (χ4n) is 4.17. The Balaban J connectivity index is 1.63. The summed E-state index contributed by atoms with van der Waals surface area (Å²) in [5.41, 5.74) is 7.49. The van der Waals surface area contributed by atoms with Crippen LogP contribution >= 0.6 is 0 Å². The van der Waals surface area contributed by atoms with Gasteiger partial charge in [0.05, 0.1) is 7.11 Å². The van der Waals surface area contributed by atoms with Crippen LogP contribution in [0.4, 0.5) is 10.5 Å². The summed E-state index contributed by atoms with van der Waals surface area (Å²) in [5.74, 6) is 0.870. The first-order valence-electron chi connectivity index (χ1n) is 10.1. The number of carbonyl (C=O) groups excluding carboxylic acids is 1. The van der Waals surface area contributed by atoms with Gasteiger partial charge in [-0.05, 0) is 43.7 Å². The van der Waals surface area contributed by atoms with E-state index in [1.165, 1.54) is 5.69 Å². The van der Waals surface area contributed by atoms with Crippen molar-refractivity contribution in [3.63, 3.8) is 0 Å². The van der Waals surface area contributed by atoms with Crippen LogP contribution in [0.3, 0.4) is 0 Å². The van der Waals surface area contributed by atoms with Gasteiger partial charge in [0.2, 0.25) is 0 Å². The van der Waals surface area contributed by atoms with Gasteiger partial charge in [0.1, 0.15) is 11.9 Å². The zero-order valence-corrected chi connectivity index (χ0v) is 17.5. The number of rotatable bonds is 7. The number of piperazine rings is 1. The average molecular weight is 398 g/mol. The number of amides is 1. The van der Waals surface area contributed by atoms with Crippen molar-refractivity contribution in [1.82, 2.24) is 4.90 Å².